The molecule has 0 radical (unpaired) electrons. The zero-order valence-electron chi connectivity index (χ0n) is 33.2. The lowest BCUT2D eigenvalue weighted by atomic mass is 10.0. The smallest absolute Gasteiger partial charge is 0.245 e. The number of rotatable bonds is 28. The summed E-state index contributed by atoms with van der Waals surface area (Å²) >= 11 is 8.10. The Kier molecular flexibility index (Phi) is 22.7. The van der Waals surface area contributed by atoms with Gasteiger partial charge in [-0.25, -0.2) is 20.9 Å². The predicted octanol–water partition coefficient (Wildman–Crippen LogP) is -5.32. The van der Waals surface area contributed by atoms with Crippen LogP contribution in [0.5, 0.6) is 0 Å². The molecule has 0 saturated carbocycles. The van der Waals surface area contributed by atoms with Crippen LogP contribution in [0.15, 0.2) is 0 Å². The van der Waals surface area contributed by atoms with Crippen molar-refractivity contribution in [1.82, 2.24) is 47.5 Å². The Balaban J connectivity index is 2.02. The second-order valence-corrected chi connectivity index (χ2v) is 14.8. The van der Waals surface area contributed by atoms with Crippen molar-refractivity contribution in [1.29, 1.82) is 0 Å². The van der Waals surface area contributed by atoms with Crippen LogP contribution in [0.1, 0.15) is 58.8 Å². The number of hydrogen-bond acceptors (Lipinski definition) is 19. The first kappa shape index (κ1) is 50.8. The van der Waals surface area contributed by atoms with E-state index in [2.05, 4.69) is 62.7 Å². The highest BCUT2D eigenvalue weighted by Gasteiger charge is 2.43. The summed E-state index contributed by atoms with van der Waals surface area (Å²) in [6, 6.07) is -7.50. The minimum absolute atomic E-state index is 0.0148. The zero-order valence-corrected chi connectivity index (χ0v) is 34.9. The van der Waals surface area contributed by atoms with Gasteiger partial charge in [-0.2, -0.15) is 25.3 Å². The molecule has 4 amide bonds. The number of thiol groups is 2. The molecule has 0 spiro atoms. The van der Waals surface area contributed by atoms with Gasteiger partial charge in [-0.15, -0.1) is 0 Å². The van der Waals surface area contributed by atoms with Crippen molar-refractivity contribution in [2.24, 2.45) is 5.73 Å². The highest BCUT2D eigenvalue weighted by atomic mass is 32.1. The van der Waals surface area contributed by atoms with Crippen LogP contribution in [0.3, 0.4) is 0 Å². The molecule has 328 valence electrons. The third-order valence-electron chi connectivity index (χ3n) is 9.86. The Labute approximate surface area is 348 Å². The van der Waals surface area contributed by atoms with E-state index < -0.39 is 108 Å². The molecule has 2 rings (SSSR count). The number of nitrogens with zero attached hydrogens (tertiary/aromatic N) is 2. The Morgan fingerprint density at radius 3 is 1.95 bits per heavy atom. The number of aliphatic hydroxyl groups is 2. The van der Waals surface area contributed by atoms with E-state index in [1.807, 2.05) is 0 Å². The molecule has 0 aliphatic carbocycles. The van der Waals surface area contributed by atoms with Gasteiger partial charge in [0.2, 0.25) is 46.8 Å². The summed E-state index contributed by atoms with van der Waals surface area (Å²) in [6.07, 6.45) is 1.58. The number of nitrogens with one attached hydrogen (secondary N) is 7. The lowest BCUT2D eigenvalue weighted by molar-refractivity contribution is -0.147. The van der Waals surface area contributed by atoms with Gasteiger partial charge in [0.25, 0.3) is 0 Å². The number of amides is 4. The molecule has 0 aromatic carbocycles. The van der Waals surface area contributed by atoms with Gasteiger partial charge >= 0.3 is 0 Å². The number of hydrogen-bond donors (Lipinski definition) is 12. The van der Waals surface area contributed by atoms with E-state index in [0.29, 0.717) is 58.2 Å². The average molecular weight is 861 g/mol. The van der Waals surface area contributed by atoms with E-state index in [4.69, 9.17) is 5.73 Å². The molecule has 8 atom stereocenters. The highest BCUT2D eigenvalue weighted by Crippen LogP contribution is 2.28. The molecule has 2 aliphatic rings. The fraction of sp³-hybridized carbons (Fsp3) is 0.743. The molecular formula is C35H60N10O11S2. The third-order valence-corrected chi connectivity index (χ3v) is 10.6. The van der Waals surface area contributed by atoms with Crippen LogP contribution >= 0.6 is 25.3 Å². The van der Waals surface area contributed by atoms with Gasteiger partial charge in [0.05, 0.1) is 50.0 Å². The van der Waals surface area contributed by atoms with E-state index >= 15 is 0 Å². The van der Waals surface area contributed by atoms with Crippen LogP contribution < -0.4 is 43.2 Å². The second kappa shape index (κ2) is 26.0. The maximum atomic E-state index is 13.4. The van der Waals surface area contributed by atoms with Gasteiger partial charge in [0.1, 0.15) is 18.1 Å². The summed E-state index contributed by atoms with van der Waals surface area (Å²) in [6.45, 7) is 1.70. The molecule has 23 heteroatoms. The normalized spacial score (nSPS) is 20.2. The molecule has 58 heavy (non-hydrogen) atoms. The number of Topliss-reactive ketones (excluding diaryl/α,β-unsaturated/α-hetero) is 5. The largest absolute Gasteiger partial charge is 0.394 e. The van der Waals surface area contributed by atoms with Gasteiger partial charge < -0.3 is 42.5 Å². The molecule has 11 N–H and O–H groups in total. The molecular weight excluding hydrogens is 801 g/mol. The second-order valence-electron chi connectivity index (χ2n) is 14.1. The summed E-state index contributed by atoms with van der Waals surface area (Å²) in [4.78, 5) is 115. The third kappa shape index (κ3) is 15.0. The van der Waals surface area contributed by atoms with Crippen molar-refractivity contribution in [3.8, 4) is 0 Å². The van der Waals surface area contributed by atoms with Crippen LogP contribution in [0, 0.1) is 0 Å². The maximum absolute atomic E-state index is 13.4. The molecule has 2 fully saturated rings. The zero-order chi connectivity index (χ0) is 43.5. The van der Waals surface area contributed by atoms with Crippen molar-refractivity contribution in [2.45, 2.75) is 107 Å². The molecule has 0 aromatic rings. The summed E-state index contributed by atoms with van der Waals surface area (Å²) in [5.74, 6) is -6.53. The molecule has 2 saturated heterocycles. The number of carbonyl (C=O) groups is 9. The fourth-order valence-electron chi connectivity index (χ4n) is 6.47. The van der Waals surface area contributed by atoms with Crippen molar-refractivity contribution >= 4 is 77.8 Å². The fourth-order valence-corrected chi connectivity index (χ4v) is 7.17. The predicted molar refractivity (Wildman–Crippen MR) is 216 cm³/mol. The summed E-state index contributed by atoms with van der Waals surface area (Å²) < 4.78 is 0. The molecule has 2 heterocycles. The van der Waals surface area contributed by atoms with Gasteiger partial charge in [-0.3, -0.25) is 43.2 Å². The van der Waals surface area contributed by atoms with E-state index in [1.165, 1.54) is 20.9 Å². The standard InChI is InChI=1S/C35H60N10O11S2/c1-19(47)23(17-57)40-28(50)15-39-35(56)26-10-7-13-45(26)44-12-6-9-25(44)31(52)27(49)14-38-33(54)22(16-46)41-34(55)21(8-4-5-11-36)42-43-29(20(2)48)32(53)30(51)24(18-58)37-3/h20-26,29,37,42-43,46,48,57-58H,4-18,36H2,1-3H3,(H,38,54)(H,39,56)(H,40,50)(H,41,55)/t20-,21+,22+,23+,24+,25+,26+,29+/m1/s1. The van der Waals surface area contributed by atoms with Gasteiger partial charge in [0, 0.05) is 24.6 Å². The summed E-state index contributed by atoms with van der Waals surface area (Å²) in [7, 11) is 1.47. The van der Waals surface area contributed by atoms with Crippen molar-refractivity contribution in [2.75, 3.05) is 57.9 Å². The molecule has 2 aliphatic heterocycles. The van der Waals surface area contributed by atoms with Crippen molar-refractivity contribution in [3.05, 3.63) is 0 Å². The van der Waals surface area contributed by atoms with Gasteiger partial charge in [0.15, 0.2) is 5.78 Å². The quantitative estimate of drug-likeness (QED) is 0.0151. The average Bonchev–Trinajstić information content (AvgIpc) is 3.89. The molecule has 0 unspecified atom stereocenters. The Bertz CT molecular complexity index is 1470. The van der Waals surface area contributed by atoms with Gasteiger partial charge in [-0.1, -0.05) is 6.42 Å². The Morgan fingerprint density at radius 1 is 0.776 bits per heavy atom. The number of carbonyl (C=O) groups excluding carboxylic acids is 9. The van der Waals surface area contributed by atoms with Crippen LogP contribution in [0.25, 0.3) is 0 Å². The lowest BCUT2D eigenvalue weighted by Gasteiger charge is -2.36. The number of aliphatic hydroxyl groups excluding tert-OH is 2. The van der Waals surface area contributed by atoms with E-state index in [9.17, 15) is 53.4 Å². The number of likely N-dealkylation sites (N-methyl/N-ethyl adjacent to an activating group) is 1. The monoisotopic (exact) mass is 860 g/mol. The Hall–Kier alpha value is -3.39. The Morgan fingerprint density at radius 2 is 1.40 bits per heavy atom. The molecule has 0 bridgehead atoms. The van der Waals surface area contributed by atoms with Crippen LogP contribution in [-0.4, -0.2) is 179 Å². The minimum atomic E-state index is -1.56. The topological polar surface area (TPSA) is 311 Å². The number of unbranched alkanes of at least 4 members (excludes halogenated alkanes) is 1. The molecule has 0 aromatic heterocycles. The summed E-state index contributed by atoms with van der Waals surface area (Å²) in [5.41, 5.74) is 10.8. The van der Waals surface area contributed by atoms with Crippen LogP contribution in [0.2, 0.25) is 0 Å². The number of hydrazine groups is 2. The highest BCUT2D eigenvalue weighted by molar-refractivity contribution is 7.80. The first-order valence-corrected chi connectivity index (χ1v) is 20.6. The minimum Gasteiger partial charge on any atom is -0.394 e. The number of ketones is 5. The maximum Gasteiger partial charge on any atom is 0.245 e. The van der Waals surface area contributed by atoms with Crippen molar-refractivity contribution < 1.29 is 53.4 Å². The van der Waals surface area contributed by atoms with Crippen molar-refractivity contribution in [3.63, 3.8) is 0 Å². The van der Waals surface area contributed by atoms with Crippen LogP contribution in [-0.2, 0) is 43.2 Å². The SMILES string of the molecule is CN[C@@H](CS)C(=O)C(=O)[C@@H](NN[C@@H](CCCCN)C(=O)N[C@@H](CO)C(=O)NCC(=O)C(=O)[C@@H]1CCCN1N1CCC[C@H]1C(=O)NCC(=O)N[C@@H](CS)C(C)=O)[C@@H](C)O. The van der Waals surface area contributed by atoms with E-state index in [-0.39, 0.29) is 30.3 Å². The van der Waals surface area contributed by atoms with E-state index in [0.717, 1.165) is 0 Å². The number of nitrogens with two attached hydrogens (primary N) is 1. The first-order chi connectivity index (χ1) is 27.6. The summed E-state index contributed by atoms with van der Waals surface area (Å²) in [5, 5.41) is 36.0. The van der Waals surface area contributed by atoms with E-state index in [1.54, 1.807) is 10.0 Å². The van der Waals surface area contributed by atoms with Gasteiger partial charge in [-0.05, 0) is 66.0 Å². The first-order valence-electron chi connectivity index (χ1n) is 19.3. The molecule has 21 nitrogen and oxygen atoms in total. The van der Waals surface area contributed by atoms with Crippen LogP contribution in [0.4, 0.5) is 0 Å². The lowest BCUT2D eigenvalue weighted by Crippen LogP contribution is -2.61.